The normalized spacial score (nSPS) is 18.7. The van der Waals surface area contributed by atoms with Crippen LogP contribution in [0.25, 0.3) is 0 Å². The standard InChI is InChI=1S/C28H39N5O6Si/c1-27(2)22-19(23(32-31-22)30-25(38)28(12-9-13-28)40(3,4)5)16-33(27)26(39)29-20(17-10-7-6-8-11-17)14-18(24(36)37)15-21(34)35/h6-8,10-11,18,20H,9,12-16H2,1-5H3,(H,29,39)(H,34,35)(H,36,37)(H2,30,31,32,38). The predicted octanol–water partition coefficient (Wildman–Crippen LogP) is 4.68. The van der Waals surface area contributed by atoms with Crippen LogP contribution in [-0.2, 0) is 26.5 Å². The Morgan fingerprint density at radius 1 is 1.10 bits per heavy atom. The van der Waals surface area contributed by atoms with Gasteiger partial charge in [0.25, 0.3) is 0 Å². The number of carboxylic acids is 2. The maximum absolute atomic E-state index is 13.7. The molecule has 3 amide bonds. The molecule has 1 fully saturated rings. The monoisotopic (exact) mass is 569 g/mol. The zero-order chi connectivity index (χ0) is 29.5. The lowest BCUT2D eigenvalue weighted by Crippen LogP contribution is -2.52. The third-order valence-corrected chi connectivity index (χ3v) is 12.4. The highest BCUT2D eigenvalue weighted by atomic mass is 28.3. The van der Waals surface area contributed by atoms with Crippen molar-refractivity contribution in [3.8, 4) is 0 Å². The van der Waals surface area contributed by atoms with E-state index in [1.807, 2.05) is 19.9 Å². The van der Waals surface area contributed by atoms with E-state index in [4.69, 9.17) is 0 Å². The summed E-state index contributed by atoms with van der Waals surface area (Å²) in [7, 11) is -1.79. The molecule has 2 unspecified atom stereocenters. The molecule has 1 aromatic heterocycles. The van der Waals surface area contributed by atoms with E-state index in [2.05, 4.69) is 40.5 Å². The van der Waals surface area contributed by atoms with Gasteiger partial charge >= 0.3 is 18.0 Å². The Balaban J connectivity index is 1.55. The van der Waals surface area contributed by atoms with Crippen LogP contribution in [0, 0.1) is 5.92 Å². The number of amides is 3. The highest BCUT2D eigenvalue weighted by Gasteiger charge is 2.54. The number of fused-ring (bicyclic) bond motifs is 1. The molecule has 1 aromatic carbocycles. The molecule has 2 atom stereocenters. The summed E-state index contributed by atoms with van der Waals surface area (Å²) in [6.07, 6.45) is 2.15. The summed E-state index contributed by atoms with van der Waals surface area (Å²) in [5, 5.41) is 32.0. The number of hydrogen-bond donors (Lipinski definition) is 5. The van der Waals surface area contributed by atoms with Crippen molar-refractivity contribution in [3.05, 3.63) is 47.2 Å². The molecule has 2 aromatic rings. The Labute approximate surface area is 234 Å². The molecule has 11 nitrogen and oxygen atoms in total. The van der Waals surface area contributed by atoms with E-state index >= 15 is 0 Å². The Morgan fingerprint density at radius 3 is 2.27 bits per heavy atom. The number of urea groups is 1. The van der Waals surface area contributed by atoms with Gasteiger partial charge in [0, 0.05) is 10.6 Å². The number of aromatic amines is 1. The molecule has 40 heavy (non-hydrogen) atoms. The van der Waals surface area contributed by atoms with Crippen LogP contribution in [0.2, 0.25) is 24.7 Å². The van der Waals surface area contributed by atoms with Gasteiger partial charge in [0.1, 0.15) is 0 Å². The molecule has 2 aliphatic rings. The van der Waals surface area contributed by atoms with Gasteiger partial charge in [0.15, 0.2) is 5.82 Å². The van der Waals surface area contributed by atoms with Crippen molar-refractivity contribution in [2.45, 2.75) is 88.8 Å². The second-order valence-electron chi connectivity index (χ2n) is 12.5. The highest BCUT2D eigenvalue weighted by Crippen LogP contribution is 2.56. The van der Waals surface area contributed by atoms with Crippen molar-refractivity contribution in [2.24, 2.45) is 5.92 Å². The van der Waals surface area contributed by atoms with Crippen LogP contribution in [0.3, 0.4) is 0 Å². The highest BCUT2D eigenvalue weighted by molar-refractivity contribution is 6.83. The lowest BCUT2D eigenvalue weighted by atomic mass is 9.83. The molecular weight excluding hydrogens is 530 g/mol. The molecule has 0 bridgehead atoms. The molecular formula is C28H39N5O6Si. The van der Waals surface area contributed by atoms with Gasteiger partial charge < -0.3 is 25.7 Å². The minimum absolute atomic E-state index is 0.00444. The number of H-pyrrole nitrogens is 1. The second-order valence-corrected chi connectivity index (χ2v) is 17.9. The van der Waals surface area contributed by atoms with Gasteiger partial charge in [0.05, 0.1) is 44.2 Å². The third-order valence-electron chi connectivity index (χ3n) is 8.81. The summed E-state index contributed by atoms with van der Waals surface area (Å²) in [6, 6.07) is 7.75. The van der Waals surface area contributed by atoms with E-state index in [0.29, 0.717) is 11.4 Å². The molecule has 5 N–H and O–H groups in total. The molecule has 0 spiro atoms. The Bertz CT molecular complexity index is 1300. The molecule has 0 saturated heterocycles. The first-order valence-electron chi connectivity index (χ1n) is 13.6. The van der Waals surface area contributed by atoms with Gasteiger partial charge in [-0.3, -0.25) is 19.5 Å². The van der Waals surface area contributed by atoms with E-state index in [0.717, 1.165) is 30.5 Å². The molecule has 4 rings (SSSR count). The number of aromatic nitrogens is 2. The fourth-order valence-corrected chi connectivity index (χ4v) is 8.57. The van der Waals surface area contributed by atoms with Crippen molar-refractivity contribution < 1.29 is 29.4 Å². The summed E-state index contributed by atoms with van der Waals surface area (Å²) in [4.78, 5) is 51.9. The number of carbonyl (C=O) groups excluding carboxylic acids is 2. The molecule has 2 heterocycles. The van der Waals surface area contributed by atoms with Crippen LogP contribution in [0.5, 0.6) is 0 Å². The van der Waals surface area contributed by atoms with Crippen LogP contribution in [0.4, 0.5) is 10.6 Å². The zero-order valence-electron chi connectivity index (χ0n) is 23.7. The molecule has 0 radical (unpaired) electrons. The number of hydrogen-bond acceptors (Lipinski definition) is 5. The topological polar surface area (TPSA) is 165 Å². The number of nitrogens with one attached hydrogen (secondary N) is 3. The van der Waals surface area contributed by atoms with E-state index in [-0.39, 0.29) is 23.9 Å². The van der Waals surface area contributed by atoms with E-state index in [1.165, 1.54) is 0 Å². The minimum Gasteiger partial charge on any atom is -0.481 e. The maximum atomic E-state index is 13.7. The summed E-state index contributed by atoms with van der Waals surface area (Å²) < 4.78 is 0. The summed E-state index contributed by atoms with van der Waals surface area (Å²) in [5.41, 5.74) is 1.34. The largest absolute Gasteiger partial charge is 0.481 e. The number of anilines is 1. The maximum Gasteiger partial charge on any atom is 0.318 e. The van der Waals surface area contributed by atoms with Crippen LogP contribution in [0.15, 0.2) is 30.3 Å². The number of carboxylic acid groups (broad SMARTS) is 2. The minimum atomic E-state index is -1.79. The summed E-state index contributed by atoms with van der Waals surface area (Å²) >= 11 is 0. The third kappa shape index (κ3) is 5.36. The number of benzene rings is 1. The van der Waals surface area contributed by atoms with E-state index in [1.54, 1.807) is 29.2 Å². The predicted molar refractivity (Wildman–Crippen MR) is 151 cm³/mol. The van der Waals surface area contributed by atoms with Gasteiger partial charge in [-0.05, 0) is 38.7 Å². The van der Waals surface area contributed by atoms with Crippen LogP contribution >= 0.6 is 0 Å². The van der Waals surface area contributed by atoms with Gasteiger partial charge in [-0.15, -0.1) is 0 Å². The van der Waals surface area contributed by atoms with Gasteiger partial charge in [-0.2, -0.15) is 5.10 Å². The Morgan fingerprint density at radius 2 is 1.75 bits per heavy atom. The SMILES string of the molecule is CC1(C)c2[nH]nc(NC(=O)C3([Si](C)(C)C)CCC3)c2CN1C(=O)NC(CC(CC(=O)O)C(=O)O)c1ccccc1. The number of rotatable bonds is 10. The van der Waals surface area contributed by atoms with Crippen molar-refractivity contribution in [1.29, 1.82) is 0 Å². The van der Waals surface area contributed by atoms with Gasteiger partial charge in [-0.1, -0.05) is 56.4 Å². The molecule has 12 heteroatoms. The first-order valence-corrected chi connectivity index (χ1v) is 17.1. The Hall–Kier alpha value is -3.67. The van der Waals surface area contributed by atoms with Crippen molar-refractivity contribution in [3.63, 3.8) is 0 Å². The van der Waals surface area contributed by atoms with Crippen LogP contribution in [-0.4, -0.2) is 57.3 Å². The first-order chi connectivity index (χ1) is 18.7. The van der Waals surface area contributed by atoms with Gasteiger partial charge in [-0.25, -0.2) is 4.79 Å². The average molecular weight is 570 g/mol. The van der Waals surface area contributed by atoms with Gasteiger partial charge in [0.2, 0.25) is 5.91 Å². The van der Waals surface area contributed by atoms with Crippen LogP contribution in [0.1, 0.15) is 68.8 Å². The lowest BCUT2D eigenvalue weighted by Gasteiger charge is -2.48. The van der Waals surface area contributed by atoms with Crippen molar-refractivity contribution in [2.75, 3.05) is 5.32 Å². The van der Waals surface area contributed by atoms with Crippen LogP contribution < -0.4 is 10.6 Å². The fraction of sp³-hybridized carbons (Fsp3) is 0.536. The number of carbonyl (C=O) groups is 4. The summed E-state index contributed by atoms with van der Waals surface area (Å²) in [6.45, 7) is 10.6. The molecule has 1 aliphatic carbocycles. The van der Waals surface area contributed by atoms with E-state index in [9.17, 15) is 29.4 Å². The Kier molecular flexibility index (Phi) is 7.85. The van der Waals surface area contributed by atoms with Crippen molar-refractivity contribution in [1.82, 2.24) is 20.4 Å². The number of aliphatic carboxylic acids is 2. The second kappa shape index (κ2) is 10.7. The number of nitrogens with zero attached hydrogens (tertiary/aromatic N) is 2. The first kappa shape index (κ1) is 29.3. The fourth-order valence-electron chi connectivity index (χ4n) is 5.98. The lowest BCUT2D eigenvalue weighted by molar-refractivity contribution is -0.148. The summed E-state index contributed by atoms with van der Waals surface area (Å²) in [5.74, 6) is -3.21. The molecule has 216 valence electrons. The smallest absolute Gasteiger partial charge is 0.318 e. The quantitative estimate of drug-likeness (QED) is 0.259. The zero-order valence-corrected chi connectivity index (χ0v) is 24.7. The van der Waals surface area contributed by atoms with Crippen molar-refractivity contribution >= 4 is 37.8 Å². The average Bonchev–Trinajstić information content (AvgIpc) is 3.34. The molecule has 1 saturated carbocycles. The molecule has 1 aliphatic heterocycles. The van der Waals surface area contributed by atoms with E-state index < -0.39 is 50.0 Å².